The first kappa shape index (κ1) is 29.6. The summed E-state index contributed by atoms with van der Waals surface area (Å²) in [6.07, 6.45) is 1.86. The van der Waals surface area contributed by atoms with Crippen molar-refractivity contribution in [2.45, 2.75) is 58.8 Å². The highest BCUT2D eigenvalue weighted by atomic mass is 35.5. The van der Waals surface area contributed by atoms with Crippen LogP contribution in [0, 0.1) is 17.3 Å². The molecule has 2 aliphatic rings. The average Bonchev–Trinajstić information content (AvgIpc) is 3.39. The van der Waals surface area contributed by atoms with E-state index in [1.807, 2.05) is 56.0 Å². The zero-order valence-corrected chi connectivity index (χ0v) is 23.8. The minimum absolute atomic E-state index is 0.00231. The molecular formula is C31H37ClF2N4O2. The van der Waals surface area contributed by atoms with E-state index in [0.29, 0.717) is 35.9 Å². The molecule has 3 atom stereocenters. The van der Waals surface area contributed by atoms with E-state index < -0.39 is 17.8 Å². The van der Waals surface area contributed by atoms with Crippen LogP contribution in [0.25, 0.3) is 5.70 Å². The molecule has 1 aliphatic carbocycles. The van der Waals surface area contributed by atoms with Crippen LogP contribution in [0.5, 0.6) is 0 Å². The van der Waals surface area contributed by atoms with Crippen molar-refractivity contribution in [3.05, 3.63) is 87.8 Å². The van der Waals surface area contributed by atoms with Gasteiger partial charge in [0.25, 0.3) is 6.43 Å². The SMILES string of the molecule is CC(C)[C@]1(C(=O)O)CC[C@@H](CCN2C(Cl)=CN=C(N)/C2=C(/N)c2ccc([C@H](C)c3cccc(C(F)F)c3)cc2)C1. The average molecular weight is 571 g/mol. The first-order chi connectivity index (χ1) is 18.9. The predicted octanol–water partition coefficient (Wildman–Crippen LogP) is 7.03. The lowest BCUT2D eigenvalue weighted by Crippen LogP contribution is -2.36. The monoisotopic (exact) mass is 570 g/mol. The molecule has 0 saturated heterocycles. The number of aliphatic carboxylic acids is 1. The summed E-state index contributed by atoms with van der Waals surface area (Å²) in [5.41, 5.74) is 15.7. The van der Waals surface area contributed by atoms with E-state index in [4.69, 9.17) is 23.1 Å². The van der Waals surface area contributed by atoms with Crippen molar-refractivity contribution < 1.29 is 18.7 Å². The van der Waals surface area contributed by atoms with Crippen LogP contribution in [0.4, 0.5) is 8.78 Å². The van der Waals surface area contributed by atoms with Crippen LogP contribution < -0.4 is 11.5 Å². The number of aliphatic imine (C=N–C) groups is 1. The second-order valence-corrected chi connectivity index (χ2v) is 11.6. The van der Waals surface area contributed by atoms with Crippen LogP contribution >= 0.6 is 11.6 Å². The van der Waals surface area contributed by atoms with E-state index >= 15 is 0 Å². The number of amidine groups is 1. The maximum Gasteiger partial charge on any atom is 0.309 e. The quantitative estimate of drug-likeness (QED) is 0.281. The van der Waals surface area contributed by atoms with Crippen LogP contribution in [0.15, 0.2) is 70.6 Å². The van der Waals surface area contributed by atoms with Crippen molar-refractivity contribution in [1.82, 2.24) is 4.90 Å². The fourth-order valence-electron chi connectivity index (χ4n) is 5.95. The zero-order chi connectivity index (χ0) is 29.2. The van der Waals surface area contributed by atoms with E-state index in [2.05, 4.69) is 4.99 Å². The molecule has 0 unspecified atom stereocenters. The molecule has 0 amide bonds. The van der Waals surface area contributed by atoms with Gasteiger partial charge in [-0.1, -0.05) is 74.8 Å². The van der Waals surface area contributed by atoms with Gasteiger partial charge in [0.1, 0.15) is 16.7 Å². The molecule has 1 fully saturated rings. The Balaban J connectivity index is 1.54. The number of rotatable bonds is 9. The van der Waals surface area contributed by atoms with Crippen molar-refractivity contribution in [3.63, 3.8) is 0 Å². The summed E-state index contributed by atoms with van der Waals surface area (Å²) in [5, 5.41) is 10.3. The third-order valence-electron chi connectivity index (χ3n) is 8.66. The molecule has 6 nitrogen and oxygen atoms in total. The minimum Gasteiger partial charge on any atom is -0.481 e. The number of hydrogen-bond acceptors (Lipinski definition) is 5. The van der Waals surface area contributed by atoms with E-state index in [1.54, 1.807) is 6.07 Å². The number of benzene rings is 2. The molecule has 5 N–H and O–H groups in total. The molecule has 1 saturated carbocycles. The first-order valence-electron chi connectivity index (χ1n) is 13.6. The topological polar surface area (TPSA) is 105 Å². The Labute approximate surface area is 239 Å². The summed E-state index contributed by atoms with van der Waals surface area (Å²) in [6, 6.07) is 14.1. The molecule has 40 heavy (non-hydrogen) atoms. The fourth-order valence-corrected chi connectivity index (χ4v) is 6.17. The molecular weight excluding hydrogens is 534 g/mol. The number of nitrogens with zero attached hydrogens (tertiary/aromatic N) is 2. The van der Waals surface area contributed by atoms with Crippen molar-refractivity contribution >= 4 is 29.1 Å². The van der Waals surface area contributed by atoms with Gasteiger partial charge in [-0.3, -0.25) is 4.79 Å². The molecule has 0 spiro atoms. The highest BCUT2D eigenvalue weighted by Crippen LogP contribution is 2.48. The number of carbonyl (C=O) groups is 1. The van der Waals surface area contributed by atoms with Gasteiger partial charge in [0.05, 0.1) is 17.3 Å². The van der Waals surface area contributed by atoms with Crippen LogP contribution in [-0.4, -0.2) is 28.4 Å². The van der Waals surface area contributed by atoms with Crippen LogP contribution in [0.2, 0.25) is 0 Å². The number of hydrogen-bond donors (Lipinski definition) is 3. The number of halogens is 3. The largest absolute Gasteiger partial charge is 0.481 e. The van der Waals surface area contributed by atoms with Gasteiger partial charge in [0.15, 0.2) is 0 Å². The Morgan fingerprint density at radius 3 is 2.42 bits per heavy atom. The highest BCUT2D eigenvalue weighted by Gasteiger charge is 2.47. The lowest BCUT2D eigenvalue weighted by Gasteiger charge is -2.31. The number of nitrogens with two attached hydrogens (primary N) is 2. The third kappa shape index (κ3) is 5.87. The Morgan fingerprint density at radius 2 is 1.82 bits per heavy atom. The summed E-state index contributed by atoms with van der Waals surface area (Å²) in [7, 11) is 0. The van der Waals surface area contributed by atoms with Gasteiger partial charge in [-0.25, -0.2) is 13.8 Å². The van der Waals surface area contributed by atoms with Gasteiger partial charge in [-0.2, -0.15) is 0 Å². The number of alkyl halides is 2. The fraction of sp³-hybridized carbons (Fsp3) is 0.419. The van der Waals surface area contributed by atoms with Gasteiger partial charge < -0.3 is 21.5 Å². The molecule has 0 radical (unpaired) electrons. The minimum atomic E-state index is -2.52. The summed E-state index contributed by atoms with van der Waals surface area (Å²) in [4.78, 5) is 18.1. The van der Waals surface area contributed by atoms with Gasteiger partial charge in [0.2, 0.25) is 0 Å². The molecule has 0 aromatic heterocycles. The van der Waals surface area contributed by atoms with E-state index in [-0.39, 0.29) is 29.2 Å². The van der Waals surface area contributed by atoms with Gasteiger partial charge in [0, 0.05) is 18.0 Å². The molecule has 2 aromatic rings. The van der Waals surface area contributed by atoms with Crippen molar-refractivity contribution in [1.29, 1.82) is 0 Å². The summed E-state index contributed by atoms with van der Waals surface area (Å²) >= 11 is 6.57. The lowest BCUT2D eigenvalue weighted by molar-refractivity contribution is -0.151. The summed E-state index contributed by atoms with van der Waals surface area (Å²) in [6.45, 7) is 6.45. The van der Waals surface area contributed by atoms with E-state index in [1.165, 1.54) is 18.3 Å². The molecule has 1 heterocycles. The second kappa shape index (κ2) is 12.0. The zero-order valence-electron chi connectivity index (χ0n) is 23.1. The van der Waals surface area contributed by atoms with Crippen LogP contribution in [0.3, 0.4) is 0 Å². The molecule has 0 bridgehead atoms. The molecule has 4 rings (SSSR count). The van der Waals surface area contributed by atoms with Gasteiger partial charge >= 0.3 is 5.97 Å². The maximum atomic E-state index is 13.2. The number of carboxylic acids is 1. The van der Waals surface area contributed by atoms with Crippen molar-refractivity contribution in [2.24, 2.45) is 33.7 Å². The van der Waals surface area contributed by atoms with Gasteiger partial charge in [-0.15, -0.1) is 0 Å². The standard InChI is InChI=1S/C31H37ClF2N4O2/c1-18(2)31(30(39)40)13-11-20(16-31)12-14-38-25(32)17-37-29(36)27(38)26(35)22-9-7-21(8-10-22)19(3)23-5-4-6-24(15-23)28(33)34/h4-10,15,17-20,28H,11-14,16,35H2,1-3H3,(H2,36,37)(H,39,40)/b27-26-/t19-,20-,31-/m0/s1. The van der Waals surface area contributed by atoms with E-state index in [0.717, 1.165) is 29.5 Å². The van der Waals surface area contributed by atoms with Crippen LogP contribution in [-0.2, 0) is 4.79 Å². The Hall–Kier alpha value is -3.39. The highest BCUT2D eigenvalue weighted by molar-refractivity contribution is 6.30. The van der Waals surface area contributed by atoms with Crippen LogP contribution in [0.1, 0.15) is 81.1 Å². The molecule has 214 valence electrons. The third-order valence-corrected chi connectivity index (χ3v) is 8.97. The van der Waals surface area contributed by atoms with E-state index in [9.17, 15) is 18.7 Å². The second-order valence-electron chi connectivity index (χ2n) is 11.2. The Bertz CT molecular complexity index is 1340. The maximum absolute atomic E-state index is 13.2. The normalized spacial score (nSPS) is 23.3. The summed E-state index contributed by atoms with van der Waals surface area (Å²) in [5.74, 6) is -0.263. The molecule has 2 aromatic carbocycles. The Morgan fingerprint density at radius 1 is 1.15 bits per heavy atom. The Kier molecular flexibility index (Phi) is 8.88. The molecule has 9 heteroatoms. The summed E-state index contributed by atoms with van der Waals surface area (Å²) < 4.78 is 26.4. The van der Waals surface area contributed by atoms with Crippen molar-refractivity contribution in [2.75, 3.05) is 6.54 Å². The van der Waals surface area contributed by atoms with Gasteiger partial charge in [-0.05, 0) is 60.3 Å². The predicted molar refractivity (Wildman–Crippen MR) is 156 cm³/mol. The molecule has 1 aliphatic heterocycles. The smallest absolute Gasteiger partial charge is 0.309 e. The first-order valence-corrected chi connectivity index (χ1v) is 14.0. The number of carboxylic acid groups (broad SMARTS) is 1. The lowest BCUT2D eigenvalue weighted by atomic mass is 9.75. The van der Waals surface area contributed by atoms with Crippen molar-refractivity contribution in [3.8, 4) is 0 Å².